The van der Waals surface area contributed by atoms with Gasteiger partial charge in [0, 0.05) is 6.21 Å². The second kappa shape index (κ2) is 4.70. The Morgan fingerprint density at radius 2 is 2.42 bits per heavy atom. The molecule has 0 aromatic rings. The van der Waals surface area contributed by atoms with Crippen LogP contribution in [0.2, 0.25) is 0 Å². The Morgan fingerprint density at radius 1 is 1.58 bits per heavy atom. The number of allylic oxidation sites excluding steroid dienone is 4. The zero-order valence-electron chi connectivity index (χ0n) is 7.70. The van der Waals surface area contributed by atoms with Crippen LogP contribution >= 0.6 is 0 Å². The van der Waals surface area contributed by atoms with E-state index in [-0.39, 0.29) is 0 Å². The SMILES string of the molecule is CC/C=C\C=C1\C=CC=NC1C. The fourth-order valence-corrected chi connectivity index (χ4v) is 1.07. The molecule has 0 N–H and O–H groups in total. The largest absolute Gasteiger partial charge is 0.285 e. The first-order chi connectivity index (χ1) is 5.84. The van der Waals surface area contributed by atoms with Crippen molar-refractivity contribution in [3.05, 3.63) is 36.0 Å². The van der Waals surface area contributed by atoms with Gasteiger partial charge >= 0.3 is 0 Å². The van der Waals surface area contributed by atoms with E-state index in [1.165, 1.54) is 5.57 Å². The molecule has 0 aromatic carbocycles. The fraction of sp³-hybridized carbons (Fsp3) is 0.364. The number of aliphatic imine (C=N–C) groups is 1. The van der Waals surface area contributed by atoms with Crippen LogP contribution in [0.5, 0.6) is 0 Å². The normalized spacial score (nSPS) is 25.8. The van der Waals surface area contributed by atoms with Gasteiger partial charge in [-0.25, -0.2) is 0 Å². The highest BCUT2D eigenvalue weighted by molar-refractivity contribution is 5.74. The molecule has 0 saturated heterocycles. The van der Waals surface area contributed by atoms with Gasteiger partial charge in [-0.1, -0.05) is 31.2 Å². The van der Waals surface area contributed by atoms with Crippen LogP contribution < -0.4 is 0 Å². The van der Waals surface area contributed by atoms with Crippen molar-refractivity contribution in [2.45, 2.75) is 26.3 Å². The first kappa shape index (κ1) is 8.98. The van der Waals surface area contributed by atoms with Crippen molar-refractivity contribution < 1.29 is 0 Å². The molecule has 12 heavy (non-hydrogen) atoms. The lowest BCUT2D eigenvalue weighted by atomic mass is 10.1. The minimum absolute atomic E-state index is 0.316. The number of nitrogens with zero attached hydrogens (tertiary/aromatic N) is 1. The average molecular weight is 161 g/mol. The van der Waals surface area contributed by atoms with Crippen molar-refractivity contribution in [3.8, 4) is 0 Å². The van der Waals surface area contributed by atoms with E-state index in [9.17, 15) is 0 Å². The van der Waals surface area contributed by atoms with Crippen LogP contribution in [0.25, 0.3) is 0 Å². The molecule has 0 saturated carbocycles. The second-order valence-corrected chi connectivity index (χ2v) is 2.84. The maximum Gasteiger partial charge on any atom is 0.0720 e. The Bertz CT molecular complexity index is 244. The maximum atomic E-state index is 4.28. The first-order valence-corrected chi connectivity index (χ1v) is 4.41. The molecule has 0 amide bonds. The van der Waals surface area contributed by atoms with E-state index in [1.807, 2.05) is 12.3 Å². The summed E-state index contributed by atoms with van der Waals surface area (Å²) in [5.74, 6) is 0. The van der Waals surface area contributed by atoms with Crippen molar-refractivity contribution in [2.75, 3.05) is 0 Å². The molecule has 0 bridgehead atoms. The van der Waals surface area contributed by atoms with Gasteiger partial charge in [0.15, 0.2) is 0 Å². The van der Waals surface area contributed by atoms with Gasteiger partial charge in [-0.2, -0.15) is 0 Å². The van der Waals surface area contributed by atoms with E-state index < -0.39 is 0 Å². The molecule has 0 aromatic heterocycles. The summed E-state index contributed by atoms with van der Waals surface area (Å²) in [6, 6.07) is 0.316. The third kappa shape index (κ3) is 2.50. The Morgan fingerprint density at radius 3 is 3.08 bits per heavy atom. The van der Waals surface area contributed by atoms with Crippen molar-refractivity contribution in [1.82, 2.24) is 0 Å². The lowest BCUT2D eigenvalue weighted by Crippen LogP contribution is -2.03. The molecule has 1 rings (SSSR count). The Balaban J connectivity index is 2.62. The molecule has 1 aliphatic rings. The van der Waals surface area contributed by atoms with Crippen molar-refractivity contribution in [3.63, 3.8) is 0 Å². The van der Waals surface area contributed by atoms with Crippen LogP contribution in [0.15, 0.2) is 40.9 Å². The average Bonchev–Trinajstić information content (AvgIpc) is 2.09. The molecule has 1 heteroatoms. The molecule has 0 aliphatic carbocycles. The van der Waals surface area contributed by atoms with Gasteiger partial charge in [0.1, 0.15) is 0 Å². The van der Waals surface area contributed by atoms with Crippen molar-refractivity contribution in [1.29, 1.82) is 0 Å². The number of hydrogen-bond acceptors (Lipinski definition) is 1. The highest BCUT2D eigenvalue weighted by Gasteiger charge is 2.03. The monoisotopic (exact) mass is 161 g/mol. The predicted molar refractivity (Wildman–Crippen MR) is 54.6 cm³/mol. The summed E-state index contributed by atoms with van der Waals surface area (Å²) in [5.41, 5.74) is 1.28. The van der Waals surface area contributed by atoms with Crippen LogP contribution in [0.1, 0.15) is 20.3 Å². The standard InChI is InChI=1S/C11H15N/c1-3-4-5-7-11-8-6-9-12-10(11)2/h4-10H,3H2,1-2H3/b5-4-,11-7-. The fourth-order valence-electron chi connectivity index (χ4n) is 1.07. The van der Waals surface area contributed by atoms with E-state index in [1.54, 1.807) is 0 Å². The third-order valence-electron chi connectivity index (χ3n) is 1.83. The summed E-state index contributed by atoms with van der Waals surface area (Å²) in [4.78, 5) is 4.28. The molecule has 1 unspecified atom stereocenters. The van der Waals surface area contributed by atoms with Gasteiger partial charge in [0.25, 0.3) is 0 Å². The number of hydrogen-bond donors (Lipinski definition) is 0. The topological polar surface area (TPSA) is 12.4 Å². The highest BCUT2D eigenvalue weighted by atomic mass is 14.8. The van der Waals surface area contributed by atoms with Crippen molar-refractivity contribution >= 4 is 6.21 Å². The van der Waals surface area contributed by atoms with Gasteiger partial charge in [0.2, 0.25) is 0 Å². The summed E-state index contributed by atoms with van der Waals surface area (Å²) in [6.07, 6.45) is 13.4. The minimum atomic E-state index is 0.316. The first-order valence-electron chi connectivity index (χ1n) is 4.41. The Kier molecular flexibility index (Phi) is 3.52. The molecule has 0 radical (unpaired) electrons. The molecule has 1 aliphatic heterocycles. The summed E-state index contributed by atoms with van der Waals surface area (Å²) in [7, 11) is 0. The second-order valence-electron chi connectivity index (χ2n) is 2.84. The summed E-state index contributed by atoms with van der Waals surface area (Å²) < 4.78 is 0. The molecule has 1 heterocycles. The molecule has 0 spiro atoms. The summed E-state index contributed by atoms with van der Waals surface area (Å²) in [6.45, 7) is 4.24. The molecule has 0 fully saturated rings. The summed E-state index contributed by atoms with van der Waals surface area (Å²) in [5, 5.41) is 0. The van der Waals surface area contributed by atoms with E-state index in [0.717, 1.165) is 6.42 Å². The van der Waals surface area contributed by atoms with Gasteiger partial charge in [-0.3, -0.25) is 4.99 Å². The minimum Gasteiger partial charge on any atom is -0.285 e. The van der Waals surface area contributed by atoms with Gasteiger partial charge in [0.05, 0.1) is 6.04 Å². The third-order valence-corrected chi connectivity index (χ3v) is 1.83. The van der Waals surface area contributed by atoms with E-state index in [4.69, 9.17) is 0 Å². The molecular formula is C11H15N. The van der Waals surface area contributed by atoms with Crippen LogP contribution in [-0.4, -0.2) is 12.3 Å². The zero-order valence-corrected chi connectivity index (χ0v) is 7.70. The quantitative estimate of drug-likeness (QED) is 0.590. The van der Waals surface area contributed by atoms with E-state index in [0.29, 0.717) is 6.04 Å². The Hall–Kier alpha value is -1.11. The van der Waals surface area contributed by atoms with Gasteiger partial charge in [-0.05, 0) is 25.0 Å². The van der Waals surface area contributed by atoms with Crippen LogP contribution in [0.4, 0.5) is 0 Å². The lowest BCUT2D eigenvalue weighted by molar-refractivity contribution is 0.886. The molecule has 1 nitrogen and oxygen atoms in total. The number of rotatable bonds is 2. The van der Waals surface area contributed by atoms with Crippen LogP contribution in [0.3, 0.4) is 0 Å². The van der Waals surface area contributed by atoms with Gasteiger partial charge < -0.3 is 0 Å². The molecule has 1 atom stereocenters. The van der Waals surface area contributed by atoms with Crippen LogP contribution in [0, 0.1) is 0 Å². The maximum absolute atomic E-state index is 4.28. The van der Waals surface area contributed by atoms with Crippen LogP contribution in [-0.2, 0) is 0 Å². The zero-order chi connectivity index (χ0) is 8.81. The smallest absolute Gasteiger partial charge is 0.0720 e. The molecule has 64 valence electrons. The van der Waals surface area contributed by atoms with E-state index in [2.05, 4.69) is 43.1 Å². The van der Waals surface area contributed by atoms with Gasteiger partial charge in [-0.15, -0.1) is 0 Å². The lowest BCUT2D eigenvalue weighted by Gasteiger charge is -2.09. The van der Waals surface area contributed by atoms with Crippen molar-refractivity contribution in [2.24, 2.45) is 4.99 Å². The highest BCUT2D eigenvalue weighted by Crippen LogP contribution is 2.11. The van der Waals surface area contributed by atoms with E-state index >= 15 is 0 Å². The Labute approximate surface area is 74.2 Å². The predicted octanol–water partition coefficient (Wildman–Crippen LogP) is 2.91. The number of dihydropyridines is 1. The summed E-state index contributed by atoms with van der Waals surface area (Å²) >= 11 is 0. The molecular weight excluding hydrogens is 146 g/mol.